The van der Waals surface area contributed by atoms with Gasteiger partial charge in [0.1, 0.15) is 5.70 Å². The predicted molar refractivity (Wildman–Crippen MR) is 84.6 cm³/mol. The van der Waals surface area contributed by atoms with Crippen LogP contribution in [0.1, 0.15) is 12.8 Å². The number of tetrazole rings is 1. The Morgan fingerprint density at radius 3 is 3.09 bits per heavy atom. The topological polar surface area (TPSA) is 127 Å². The second kappa shape index (κ2) is 6.89. The van der Waals surface area contributed by atoms with Gasteiger partial charge in [0.2, 0.25) is 11.1 Å². The molecule has 2 atom stereocenters. The SMILES string of the molecule is NCCCn1nnnc1SCC1C=C(C(=O)O)N2C(=O)C[C@H]2S1. The Hall–Kier alpha value is -1.59. The number of thioether (sulfide) groups is 2. The zero-order valence-electron chi connectivity index (χ0n) is 12.2. The number of carbonyl (C=O) groups is 2. The van der Waals surface area contributed by atoms with E-state index in [0.717, 1.165) is 6.42 Å². The highest BCUT2D eigenvalue weighted by Gasteiger charge is 2.45. The summed E-state index contributed by atoms with van der Waals surface area (Å²) in [6.45, 7) is 1.23. The summed E-state index contributed by atoms with van der Waals surface area (Å²) in [5.41, 5.74) is 5.57. The minimum Gasteiger partial charge on any atom is -0.477 e. The molecule has 0 aliphatic carbocycles. The predicted octanol–water partition coefficient (Wildman–Crippen LogP) is -0.244. The molecule has 3 heterocycles. The van der Waals surface area contributed by atoms with Gasteiger partial charge < -0.3 is 10.8 Å². The summed E-state index contributed by atoms with van der Waals surface area (Å²) in [6, 6.07) is 0. The van der Waals surface area contributed by atoms with Crippen molar-refractivity contribution in [3.05, 3.63) is 11.8 Å². The minimum atomic E-state index is -1.06. The molecule has 2 aliphatic rings. The van der Waals surface area contributed by atoms with Crippen LogP contribution in [0.15, 0.2) is 16.9 Å². The zero-order valence-corrected chi connectivity index (χ0v) is 13.8. The number of hydrogen-bond donors (Lipinski definition) is 2. The molecular formula is C12H16N6O3S2. The number of carboxylic acids is 1. The van der Waals surface area contributed by atoms with Crippen LogP contribution < -0.4 is 5.73 Å². The van der Waals surface area contributed by atoms with Crippen LogP contribution in [0.4, 0.5) is 0 Å². The first-order valence-corrected chi connectivity index (χ1v) is 9.04. The average molecular weight is 356 g/mol. The van der Waals surface area contributed by atoms with E-state index in [4.69, 9.17) is 5.73 Å². The normalized spacial score (nSPS) is 23.3. The molecule has 1 amide bonds. The van der Waals surface area contributed by atoms with Gasteiger partial charge in [0.05, 0.1) is 11.8 Å². The average Bonchev–Trinajstić information content (AvgIpc) is 2.96. The maximum Gasteiger partial charge on any atom is 0.352 e. The van der Waals surface area contributed by atoms with Crippen LogP contribution in [0.25, 0.3) is 0 Å². The molecule has 3 rings (SSSR count). The van der Waals surface area contributed by atoms with E-state index in [1.807, 2.05) is 0 Å². The Morgan fingerprint density at radius 1 is 1.57 bits per heavy atom. The van der Waals surface area contributed by atoms with Crippen molar-refractivity contribution in [3.8, 4) is 0 Å². The number of nitrogens with zero attached hydrogens (tertiary/aromatic N) is 5. The number of aliphatic carboxylic acids is 1. The van der Waals surface area contributed by atoms with E-state index >= 15 is 0 Å². The Morgan fingerprint density at radius 2 is 2.39 bits per heavy atom. The van der Waals surface area contributed by atoms with Gasteiger partial charge in [-0.2, -0.15) is 0 Å². The summed E-state index contributed by atoms with van der Waals surface area (Å²) >= 11 is 3.08. The first-order valence-electron chi connectivity index (χ1n) is 7.12. The van der Waals surface area contributed by atoms with Crippen molar-refractivity contribution in [1.29, 1.82) is 0 Å². The number of carboxylic acid groups (broad SMARTS) is 1. The Balaban J connectivity index is 1.64. The highest BCUT2D eigenvalue weighted by molar-refractivity contribution is 8.03. The van der Waals surface area contributed by atoms with Gasteiger partial charge in [-0.05, 0) is 29.5 Å². The quantitative estimate of drug-likeness (QED) is 0.502. The van der Waals surface area contributed by atoms with E-state index in [0.29, 0.717) is 30.4 Å². The van der Waals surface area contributed by atoms with E-state index in [2.05, 4.69) is 15.5 Å². The van der Waals surface area contributed by atoms with E-state index in [-0.39, 0.29) is 22.2 Å². The van der Waals surface area contributed by atoms with Crippen molar-refractivity contribution in [3.63, 3.8) is 0 Å². The molecular weight excluding hydrogens is 340 g/mol. The third-order valence-corrected chi connectivity index (χ3v) is 6.14. The van der Waals surface area contributed by atoms with E-state index in [1.165, 1.54) is 16.7 Å². The molecule has 0 spiro atoms. The monoisotopic (exact) mass is 356 g/mol. The van der Waals surface area contributed by atoms with E-state index < -0.39 is 5.97 Å². The number of β-lactam (4-membered cyclic amide) rings is 1. The Bertz CT molecular complexity index is 648. The van der Waals surface area contributed by atoms with Crippen LogP contribution in [-0.4, -0.2) is 65.0 Å². The number of amides is 1. The van der Waals surface area contributed by atoms with Crippen LogP contribution in [0.5, 0.6) is 0 Å². The van der Waals surface area contributed by atoms with Gasteiger partial charge >= 0.3 is 5.97 Å². The van der Waals surface area contributed by atoms with Crippen molar-refractivity contribution in [2.75, 3.05) is 12.3 Å². The van der Waals surface area contributed by atoms with Gasteiger partial charge in [0.15, 0.2) is 0 Å². The Labute approximate surface area is 140 Å². The lowest BCUT2D eigenvalue weighted by molar-refractivity contribution is -0.146. The number of hydrogen-bond acceptors (Lipinski definition) is 8. The smallest absolute Gasteiger partial charge is 0.352 e. The second-order valence-corrected chi connectivity index (χ2v) is 7.50. The number of nitrogens with two attached hydrogens (primary N) is 1. The molecule has 1 saturated heterocycles. The molecule has 11 heteroatoms. The van der Waals surface area contributed by atoms with Crippen molar-refractivity contribution in [2.45, 2.75) is 35.2 Å². The van der Waals surface area contributed by atoms with Crippen LogP contribution in [0, 0.1) is 0 Å². The van der Waals surface area contributed by atoms with Crippen molar-refractivity contribution < 1.29 is 14.7 Å². The second-order valence-electron chi connectivity index (χ2n) is 5.09. The number of carbonyl (C=O) groups excluding carboxylic acids is 1. The standard InChI is InChI=1S/C12H16N6O3S2/c13-2-1-3-17-12(14-15-16-17)22-6-7-4-8(11(20)21)18-9(19)5-10(18)23-7/h4,7,10H,1-3,5-6,13H2,(H,20,21)/t7?,10-/m1/s1. The molecule has 1 fully saturated rings. The first kappa shape index (κ1) is 16.3. The Kier molecular flexibility index (Phi) is 4.87. The summed E-state index contributed by atoms with van der Waals surface area (Å²) < 4.78 is 1.70. The van der Waals surface area contributed by atoms with Gasteiger partial charge in [0.25, 0.3) is 0 Å². The summed E-state index contributed by atoms with van der Waals surface area (Å²) in [5, 5.41) is 21.4. The minimum absolute atomic E-state index is 0.000100. The molecule has 1 unspecified atom stereocenters. The molecule has 0 aromatic carbocycles. The molecule has 0 radical (unpaired) electrons. The first-order chi connectivity index (χ1) is 11.1. The van der Waals surface area contributed by atoms with Crippen LogP contribution in [0.3, 0.4) is 0 Å². The fourth-order valence-electron chi connectivity index (χ4n) is 2.38. The molecule has 9 nitrogen and oxygen atoms in total. The summed E-state index contributed by atoms with van der Waals surface area (Å²) in [4.78, 5) is 24.2. The number of aromatic nitrogens is 4. The lowest BCUT2D eigenvalue weighted by Crippen LogP contribution is -2.54. The maximum absolute atomic E-state index is 11.5. The fourth-order valence-corrected chi connectivity index (χ4v) is 4.88. The van der Waals surface area contributed by atoms with E-state index in [9.17, 15) is 14.7 Å². The number of fused-ring (bicyclic) bond motifs is 1. The van der Waals surface area contributed by atoms with Gasteiger partial charge in [-0.15, -0.1) is 16.9 Å². The van der Waals surface area contributed by atoms with Gasteiger partial charge in [-0.1, -0.05) is 11.8 Å². The summed E-state index contributed by atoms with van der Waals surface area (Å²) in [6.07, 6.45) is 2.82. The molecule has 3 N–H and O–H groups in total. The molecule has 0 saturated carbocycles. The highest BCUT2D eigenvalue weighted by atomic mass is 32.2. The third-order valence-electron chi connectivity index (χ3n) is 3.51. The maximum atomic E-state index is 11.5. The molecule has 0 bridgehead atoms. The summed E-state index contributed by atoms with van der Waals surface area (Å²) in [5.74, 6) is -0.553. The van der Waals surface area contributed by atoms with Gasteiger partial charge in [0, 0.05) is 17.5 Å². The third kappa shape index (κ3) is 3.35. The van der Waals surface area contributed by atoms with Gasteiger partial charge in [-0.25, -0.2) is 9.48 Å². The molecule has 124 valence electrons. The van der Waals surface area contributed by atoms with Crippen LogP contribution >= 0.6 is 23.5 Å². The van der Waals surface area contributed by atoms with Crippen LogP contribution in [0.2, 0.25) is 0 Å². The molecule has 23 heavy (non-hydrogen) atoms. The van der Waals surface area contributed by atoms with Gasteiger partial charge in [-0.3, -0.25) is 9.69 Å². The zero-order chi connectivity index (χ0) is 16.4. The largest absolute Gasteiger partial charge is 0.477 e. The molecule has 1 aromatic rings. The molecule has 2 aliphatic heterocycles. The fraction of sp³-hybridized carbons (Fsp3) is 0.583. The van der Waals surface area contributed by atoms with Crippen molar-refractivity contribution in [1.82, 2.24) is 25.1 Å². The lowest BCUT2D eigenvalue weighted by Gasteiger charge is -2.44. The van der Waals surface area contributed by atoms with Crippen LogP contribution in [-0.2, 0) is 16.1 Å². The molecule has 1 aromatic heterocycles. The summed E-state index contributed by atoms with van der Waals surface area (Å²) in [7, 11) is 0. The van der Waals surface area contributed by atoms with Crippen molar-refractivity contribution >= 4 is 35.4 Å². The lowest BCUT2D eigenvalue weighted by atomic mass is 10.1. The van der Waals surface area contributed by atoms with E-state index in [1.54, 1.807) is 22.5 Å². The highest BCUT2D eigenvalue weighted by Crippen LogP contribution is 2.41. The van der Waals surface area contributed by atoms with Crippen molar-refractivity contribution in [2.24, 2.45) is 5.73 Å². The number of aryl methyl sites for hydroxylation is 1. The number of rotatable bonds is 7.